The van der Waals surface area contributed by atoms with Crippen LogP contribution >= 0.6 is 0 Å². The van der Waals surface area contributed by atoms with E-state index in [1.54, 1.807) is 0 Å². The van der Waals surface area contributed by atoms with Gasteiger partial charge in [-0.1, -0.05) is 46.1 Å². The highest BCUT2D eigenvalue weighted by Crippen LogP contribution is 2.51. The van der Waals surface area contributed by atoms with E-state index in [2.05, 4.69) is 46.9 Å². The number of carbonyl (C=O) groups is 1. The summed E-state index contributed by atoms with van der Waals surface area (Å²) in [5, 5.41) is 0.167. The molecule has 24 heavy (non-hydrogen) atoms. The molecule has 0 N–H and O–H groups in total. The SMILES string of the molecule is CC(C)=C1C=C(O[Si](C)(C)C(C)(C)C)[C@H]2CCCC[C@@]2(C)CC1=O. The molecule has 2 nitrogen and oxygen atoms in total. The van der Waals surface area contributed by atoms with E-state index in [0.717, 1.165) is 29.7 Å². The van der Waals surface area contributed by atoms with Crippen LogP contribution in [-0.2, 0) is 9.22 Å². The highest BCUT2D eigenvalue weighted by molar-refractivity contribution is 6.74. The smallest absolute Gasteiger partial charge is 0.250 e. The van der Waals surface area contributed by atoms with Gasteiger partial charge in [-0.15, -0.1) is 0 Å². The molecule has 0 spiro atoms. The van der Waals surface area contributed by atoms with Gasteiger partial charge in [0.25, 0.3) is 0 Å². The Morgan fingerprint density at radius 3 is 2.42 bits per heavy atom. The van der Waals surface area contributed by atoms with Crippen LogP contribution in [0.25, 0.3) is 0 Å². The molecule has 2 aliphatic rings. The third-order valence-corrected chi connectivity index (χ3v) is 10.9. The van der Waals surface area contributed by atoms with Crippen molar-refractivity contribution in [3.8, 4) is 0 Å². The van der Waals surface area contributed by atoms with Gasteiger partial charge in [-0.2, -0.15) is 0 Å². The maximum Gasteiger partial charge on any atom is 0.250 e. The summed E-state index contributed by atoms with van der Waals surface area (Å²) < 4.78 is 6.80. The first-order chi connectivity index (χ1) is 10.9. The zero-order valence-electron chi connectivity index (χ0n) is 17.0. The van der Waals surface area contributed by atoms with Crippen LogP contribution in [0.3, 0.4) is 0 Å². The van der Waals surface area contributed by atoms with Crippen molar-refractivity contribution < 1.29 is 9.22 Å². The predicted octanol–water partition coefficient (Wildman–Crippen LogP) is 6.40. The summed E-state index contributed by atoms with van der Waals surface area (Å²) in [6.07, 6.45) is 7.55. The largest absolute Gasteiger partial charge is 0.546 e. The first-order valence-corrected chi connectivity index (χ1v) is 12.4. The van der Waals surface area contributed by atoms with E-state index < -0.39 is 8.32 Å². The van der Waals surface area contributed by atoms with Crippen molar-refractivity contribution in [2.75, 3.05) is 0 Å². The number of Topliss-reactive ketones (excluding diaryl/α,β-unsaturated/α-hetero) is 1. The quantitative estimate of drug-likeness (QED) is 0.426. The molecule has 0 aromatic carbocycles. The van der Waals surface area contributed by atoms with Gasteiger partial charge in [-0.25, -0.2) is 0 Å². The second-order valence-corrected chi connectivity index (χ2v) is 14.6. The Balaban J connectivity index is 2.52. The minimum atomic E-state index is -1.91. The van der Waals surface area contributed by atoms with E-state index in [1.165, 1.54) is 12.8 Å². The molecule has 1 fully saturated rings. The van der Waals surface area contributed by atoms with Gasteiger partial charge in [0.2, 0.25) is 8.32 Å². The molecule has 0 amide bonds. The lowest BCUT2D eigenvalue weighted by Gasteiger charge is -2.45. The van der Waals surface area contributed by atoms with Crippen molar-refractivity contribution in [2.45, 2.75) is 91.8 Å². The number of hydrogen-bond acceptors (Lipinski definition) is 2. The minimum Gasteiger partial charge on any atom is -0.546 e. The van der Waals surface area contributed by atoms with Crippen molar-refractivity contribution >= 4 is 14.1 Å². The second kappa shape index (κ2) is 6.47. The molecule has 0 unspecified atom stereocenters. The van der Waals surface area contributed by atoms with Crippen LogP contribution in [0.1, 0.15) is 73.6 Å². The molecule has 0 saturated heterocycles. The number of ketones is 1. The number of allylic oxidation sites excluding steroid dienone is 4. The van der Waals surface area contributed by atoms with Gasteiger partial charge in [0, 0.05) is 17.9 Å². The zero-order valence-corrected chi connectivity index (χ0v) is 18.0. The fraction of sp³-hybridized carbons (Fsp3) is 0.762. The van der Waals surface area contributed by atoms with Crippen LogP contribution in [-0.4, -0.2) is 14.1 Å². The molecule has 0 aliphatic heterocycles. The summed E-state index contributed by atoms with van der Waals surface area (Å²) in [7, 11) is -1.91. The van der Waals surface area contributed by atoms with Crippen LogP contribution in [0.2, 0.25) is 18.1 Å². The second-order valence-electron chi connectivity index (χ2n) is 9.88. The average Bonchev–Trinajstić information content (AvgIpc) is 2.51. The molecular formula is C21H36O2Si. The van der Waals surface area contributed by atoms with E-state index >= 15 is 0 Å². The van der Waals surface area contributed by atoms with Gasteiger partial charge in [-0.3, -0.25) is 4.79 Å². The fourth-order valence-electron chi connectivity index (χ4n) is 3.85. The molecule has 0 aromatic rings. The highest BCUT2D eigenvalue weighted by atomic mass is 28.4. The third kappa shape index (κ3) is 3.71. The van der Waals surface area contributed by atoms with Crippen LogP contribution in [0.15, 0.2) is 23.0 Å². The van der Waals surface area contributed by atoms with Gasteiger partial charge in [-0.05, 0) is 56.3 Å². The molecule has 0 radical (unpaired) electrons. The van der Waals surface area contributed by atoms with Crippen LogP contribution in [0.4, 0.5) is 0 Å². The summed E-state index contributed by atoms with van der Waals surface area (Å²) in [5.74, 6) is 1.80. The Labute approximate surface area is 149 Å². The molecule has 2 aliphatic carbocycles. The summed E-state index contributed by atoms with van der Waals surface area (Å²) in [6.45, 7) is 17.9. The topological polar surface area (TPSA) is 26.3 Å². The van der Waals surface area contributed by atoms with E-state index in [1.807, 2.05) is 13.8 Å². The first-order valence-electron chi connectivity index (χ1n) is 9.49. The van der Waals surface area contributed by atoms with Crippen LogP contribution in [0, 0.1) is 11.3 Å². The molecular weight excluding hydrogens is 312 g/mol. The van der Waals surface area contributed by atoms with E-state index in [4.69, 9.17) is 4.43 Å². The van der Waals surface area contributed by atoms with Gasteiger partial charge in [0.1, 0.15) is 0 Å². The molecule has 1 saturated carbocycles. The highest BCUT2D eigenvalue weighted by Gasteiger charge is 2.47. The molecule has 2 rings (SSSR count). The van der Waals surface area contributed by atoms with Crippen molar-refractivity contribution in [3.05, 3.63) is 23.0 Å². The van der Waals surface area contributed by atoms with Crippen molar-refractivity contribution in [1.82, 2.24) is 0 Å². The Hall–Kier alpha value is -0.833. The normalized spacial score (nSPS) is 28.8. The van der Waals surface area contributed by atoms with Gasteiger partial charge < -0.3 is 4.43 Å². The molecule has 0 heterocycles. The maximum absolute atomic E-state index is 12.9. The number of rotatable bonds is 2. The van der Waals surface area contributed by atoms with Crippen molar-refractivity contribution in [2.24, 2.45) is 11.3 Å². The Bertz CT molecular complexity index is 573. The molecule has 136 valence electrons. The summed E-state index contributed by atoms with van der Waals surface area (Å²) in [5.41, 5.74) is 2.05. The fourth-order valence-corrected chi connectivity index (χ4v) is 4.95. The monoisotopic (exact) mass is 348 g/mol. The number of fused-ring (bicyclic) bond motifs is 1. The Morgan fingerprint density at radius 1 is 1.25 bits per heavy atom. The van der Waals surface area contributed by atoms with Gasteiger partial charge in [0.05, 0.1) is 5.76 Å². The maximum atomic E-state index is 12.9. The molecule has 2 atom stereocenters. The lowest BCUT2D eigenvalue weighted by Crippen LogP contribution is -2.43. The standard InChI is InChI=1S/C21H36O2Si/c1-15(2)16-13-19(23-24(7,8)20(3,4)5)17-11-9-10-12-21(17,6)14-18(16)22/h13,17H,9-12,14H2,1-8H3/t17-,21+/m1/s1. The van der Waals surface area contributed by atoms with E-state index in [-0.39, 0.29) is 10.5 Å². The predicted molar refractivity (Wildman–Crippen MR) is 104 cm³/mol. The molecule has 0 aromatic heterocycles. The average molecular weight is 349 g/mol. The van der Waals surface area contributed by atoms with Crippen LogP contribution in [0.5, 0.6) is 0 Å². The van der Waals surface area contributed by atoms with Gasteiger partial charge in [0.15, 0.2) is 5.78 Å². The third-order valence-electron chi connectivity index (χ3n) is 6.54. The van der Waals surface area contributed by atoms with Gasteiger partial charge >= 0.3 is 0 Å². The lowest BCUT2D eigenvalue weighted by atomic mass is 9.65. The van der Waals surface area contributed by atoms with E-state index in [9.17, 15) is 4.79 Å². The molecule has 0 bridgehead atoms. The summed E-state index contributed by atoms with van der Waals surface area (Å²) >= 11 is 0. The summed E-state index contributed by atoms with van der Waals surface area (Å²) in [6, 6.07) is 0. The first kappa shape index (κ1) is 19.5. The van der Waals surface area contributed by atoms with Crippen molar-refractivity contribution in [1.29, 1.82) is 0 Å². The Kier molecular flexibility index (Phi) is 5.26. The summed E-state index contributed by atoms with van der Waals surface area (Å²) in [4.78, 5) is 12.9. The van der Waals surface area contributed by atoms with E-state index in [0.29, 0.717) is 18.1 Å². The number of carbonyl (C=O) groups excluding carboxylic acids is 1. The minimum absolute atomic E-state index is 0.0563. The van der Waals surface area contributed by atoms with Crippen molar-refractivity contribution in [3.63, 3.8) is 0 Å². The van der Waals surface area contributed by atoms with Crippen LogP contribution < -0.4 is 0 Å². The lowest BCUT2D eigenvalue weighted by molar-refractivity contribution is -0.118. The zero-order chi connectivity index (χ0) is 18.3. The molecule has 3 heteroatoms. The number of hydrogen-bond donors (Lipinski definition) is 0. The Morgan fingerprint density at radius 2 is 1.88 bits per heavy atom.